The molecular weight excluding hydrogens is 762 g/mol. The van der Waals surface area contributed by atoms with E-state index in [1.807, 2.05) is 47.6 Å². The van der Waals surface area contributed by atoms with Gasteiger partial charge in [-0.25, -0.2) is 13.9 Å². The zero-order chi connectivity index (χ0) is 40.8. The number of rotatable bonds is 16. The average Bonchev–Trinajstić information content (AvgIpc) is 3.88. The lowest BCUT2D eigenvalue weighted by Crippen LogP contribution is -2.49. The van der Waals surface area contributed by atoms with Crippen molar-refractivity contribution in [3.05, 3.63) is 29.3 Å². The molecule has 308 valence electrons. The second-order valence-electron chi connectivity index (χ2n) is 17.8. The molecule has 4 fully saturated rings. The average molecular weight is 818 g/mol. The Labute approximate surface area is 335 Å². The van der Waals surface area contributed by atoms with E-state index in [1.165, 1.54) is 4.90 Å². The lowest BCUT2D eigenvalue weighted by atomic mass is 9.77. The lowest BCUT2D eigenvalue weighted by Gasteiger charge is -2.35. The molecule has 56 heavy (non-hydrogen) atoms. The highest BCUT2D eigenvalue weighted by Crippen LogP contribution is 2.58. The molecule has 3 saturated carbocycles. The van der Waals surface area contributed by atoms with Gasteiger partial charge in [-0.1, -0.05) is 51.8 Å². The van der Waals surface area contributed by atoms with Gasteiger partial charge in [0.1, 0.15) is 17.5 Å². The van der Waals surface area contributed by atoms with Crippen molar-refractivity contribution in [2.75, 3.05) is 13.2 Å². The molecule has 0 radical (unpaired) electrons. The highest BCUT2D eigenvalue weighted by Gasteiger charge is 2.62. The van der Waals surface area contributed by atoms with Crippen LogP contribution in [0.1, 0.15) is 119 Å². The van der Waals surface area contributed by atoms with Gasteiger partial charge in [0, 0.05) is 24.3 Å². The first kappa shape index (κ1) is 42.1. The summed E-state index contributed by atoms with van der Waals surface area (Å²) in [6.07, 6.45) is 4.37. The largest absolute Gasteiger partial charge is 0.488 e. The molecule has 2 aromatic rings. The van der Waals surface area contributed by atoms with Crippen LogP contribution in [0.25, 0.3) is 10.9 Å². The Bertz CT molecular complexity index is 1970. The predicted octanol–water partition coefficient (Wildman–Crippen LogP) is 6.87. The van der Waals surface area contributed by atoms with E-state index < -0.39 is 74.0 Å². The van der Waals surface area contributed by atoms with Gasteiger partial charge >= 0.3 is 16.3 Å². The van der Waals surface area contributed by atoms with E-state index in [0.29, 0.717) is 59.8 Å². The first-order chi connectivity index (χ1) is 26.2. The molecule has 3 aliphatic carbocycles. The number of likely N-dealkylation sites (tertiary alicyclic amines) is 1. The number of amides is 2. The number of benzene rings is 1. The molecule has 1 aromatic carbocycles. The number of halogens is 1. The molecule has 1 saturated heterocycles. The van der Waals surface area contributed by atoms with Gasteiger partial charge in [0.05, 0.1) is 53.1 Å². The van der Waals surface area contributed by atoms with Gasteiger partial charge in [-0.3, -0.25) is 19.2 Å². The molecule has 1 aliphatic heterocycles. The van der Waals surface area contributed by atoms with E-state index in [4.69, 9.17) is 30.0 Å². The number of nitrogens with one attached hydrogen (secondary N) is 1. The van der Waals surface area contributed by atoms with Crippen LogP contribution < -0.4 is 14.2 Å². The summed E-state index contributed by atoms with van der Waals surface area (Å²) in [5, 5.41) is 1.01. The summed E-state index contributed by atoms with van der Waals surface area (Å²) in [7, 11) is -4.42. The van der Waals surface area contributed by atoms with E-state index in [0.717, 1.165) is 25.7 Å². The van der Waals surface area contributed by atoms with Crippen LogP contribution in [0.3, 0.4) is 0 Å². The van der Waals surface area contributed by atoms with Crippen molar-refractivity contribution in [3.8, 4) is 11.6 Å². The molecule has 1 N–H and O–H groups in total. The monoisotopic (exact) mass is 817 g/mol. The Morgan fingerprint density at radius 1 is 1.05 bits per heavy atom. The zero-order valence-corrected chi connectivity index (χ0v) is 35.1. The molecule has 6 rings (SSSR count). The number of pyridine rings is 1. The first-order valence-corrected chi connectivity index (χ1v) is 21.7. The molecule has 0 unspecified atom stereocenters. The molecule has 15 heteroatoms. The minimum absolute atomic E-state index is 0.0140. The van der Waals surface area contributed by atoms with Crippen molar-refractivity contribution in [2.45, 2.75) is 142 Å². The normalized spacial score (nSPS) is 25.7. The third-order valence-electron chi connectivity index (χ3n) is 12.1. The molecule has 13 nitrogen and oxygen atoms in total. The molecule has 1 aromatic heterocycles. The van der Waals surface area contributed by atoms with Crippen LogP contribution in [0, 0.1) is 22.7 Å². The molecule has 5 atom stereocenters. The number of esters is 1. The van der Waals surface area contributed by atoms with Crippen molar-refractivity contribution >= 4 is 56.4 Å². The topological polar surface area (TPSA) is 167 Å². The molecule has 2 amide bonds. The van der Waals surface area contributed by atoms with E-state index in [1.54, 1.807) is 25.1 Å². The fraction of sp³-hybridized carbons (Fsp3) is 0.683. The summed E-state index contributed by atoms with van der Waals surface area (Å²) in [4.78, 5) is 62.6. The summed E-state index contributed by atoms with van der Waals surface area (Å²) < 4.78 is 51.3. The highest BCUT2D eigenvalue weighted by molar-refractivity contribution is 7.85. The van der Waals surface area contributed by atoms with Gasteiger partial charge in [-0.15, -0.1) is 0 Å². The van der Waals surface area contributed by atoms with Crippen molar-refractivity contribution in [2.24, 2.45) is 22.7 Å². The van der Waals surface area contributed by atoms with E-state index in [9.17, 15) is 27.6 Å². The van der Waals surface area contributed by atoms with Crippen LogP contribution >= 0.6 is 11.6 Å². The third kappa shape index (κ3) is 9.28. The van der Waals surface area contributed by atoms with Crippen LogP contribution in [0.15, 0.2) is 24.3 Å². The number of nitrogens with zero attached hydrogens (tertiary/aromatic N) is 2. The van der Waals surface area contributed by atoms with Crippen LogP contribution in [0.4, 0.5) is 0 Å². The van der Waals surface area contributed by atoms with Crippen LogP contribution in [-0.4, -0.2) is 78.4 Å². The maximum atomic E-state index is 14.8. The van der Waals surface area contributed by atoms with Crippen LogP contribution in [-0.2, 0) is 38.4 Å². The van der Waals surface area contributed by atoms with Gasteiger partial charge in [-0.05, 0) is 89.2 Å². The maximum absolute atomic E-state index is 14.8. The Morgan fingerprint density at radius 2 is 1.75 bits per heavy atom. The molecule has 0 bridgehead atoms. The second kappa shape index (κ2) is 15.7. The standard InChI is InChI=1S/C41H56ClN3O10S/c1-8-25-22-41(25,37(49)44-56(50,51)55-40(7)17-18-40)23-31(46)30-19-26(53-32-21-33(52-9-2)43-35-27(32)13-12-14-29(35)42)24-45(30)36(48)28(38(3,4)5)20-34(47)54-39(6)15-10-11-16-39/h12-14,21,25-26,28,30H,8-11,15-20,22-24H2,1-7H3,(H,44,49)/t25-,26-,28-,30+,41-/m1/s1. The highest BCUT2D eigenvalue weighted by atomic mass is 35.5. The summed E-state index contributed by atoms with van der Waals surface area (Å²) in [5.41, 5.74) is -2.93. The Balaban J connectivity index is 1.29. The van der Waals surface area contributed by atoms with E-state index in [-0.39, 0.29) is 31.7 Å². The number of ketones is 1. The SMILES string of the molecule is CCOc1cc(O[C@@H]2C[C@@H](C(=O)C[C@]3(C(=O)NS(=O)(=O)OC4(C)CC4)C[C@H]3CC)N(C(=O)[C@@H](CC(=O)OC3(C)CCCC3)C(C)(C)C)C2)c2cccc(Cl)c2n1. The minimum Gasteiger partial charge on any atom is -0.488 e. The number of para-hydroxylation sites is 1. The fourth-order valence-corrected chi connectivity index (χ4v) is 9.83. The predicted molar refractivity (Wildman–Crippen MR) is 209 cm³/mol. The van der Waals surface area contributed by atoms with Crippen molar-refractivity contribution in [3.63, 3.8) is 0 Å². The zero-order valence-electron chi connectivity index (χ0n) is 33.6. The van der Waals surface area contributed by atoms with Gasteiger partial charge in [-0.2, -0.15) is 8.42 Å². The first-order valence-electron chi connectivity index (χ1n) is 19.9. The molecule has 0 spiro atoms. The number of fused-ring (bicyclic) bond motifs is 1. The van der Waals surface area contributed by atoms with Gasteiger partial charge in [0.2, 0.25) is 17.7 Å². The smallest absolute Gasteiger partial charge is 0.362 e. The van der Waals surface area contributed by atoms with Crippen molar-refractivity contribution < 1.29 is 46.0 Å². The Morgan fingerprint density at radius 3 is 2.36 bits per heavy atom. The summed E-state index contributed by atoms with van der Waals surface area (Å²) in [6.45, 7) is 13.3. The lowest BCUT2D eigenvalue weighted by molar-refractivity contribution is -0.163. The van der Waals surface area contributed by atoms with E-state index in [2.05, 4.69) is 9.71 Å². The number of aromatic nitrogens is 1. The van der Waals surface area contributed by atoms with Gasteiger partial charge in [0.25, 0.3) is 0 Å². The number of hydrogen-bond acceptors (Lipinski definition) is 11. The number of ether oxygens (including phenoxy) is 3. The number of carbonyl (C=O) groups is 4. The van der Waals surface area contributed by atoms with Gasteiger partial charge in [0.15, 0.2) is 5.78 Å². The summed E-state index contributed by atoms with van der Waals surface area (Å²) in [5.74, 6) is -2.43. The minimum atomic E-state index is -4.42. The second-order valence-corrected chi connectivity index (χ2v) is 19.5. The maximum Gasteiger partial charge on any atom is 0.362 e. The van der Waals surface area contributed by atoms with Crippen LogP contribution in [0.2, 0.25) is 5.02 Å². The Hall–Kier alpha value is -3.49. The summed E-state index contributed by atoms with van der Waals surface area (Å²) >= 11 is 6.53. The molecule has 4 aliphatic rings. The number of Topliss-reactive ketones (excluding diaryl/α,β-unsaturated/α-hetero) is 1. The molecular formula is C41H56ClN3O10S. The quantitative estimate of drug-likeness (QED) is 0.176. The van der Waals surface area contributed by atoms with Gasteiger partial charge < -0.3 is 19.1 Å². The summed E-state index contributed by atoms with van der Waals surface area (Å²) in [6, 6.07) is 5.93. The number of carbonyl (C=O) groups excluding carboxylic acids is 4. The van der Waals surface area contributed by atoms with E-state index >= 15 is 0 Å². The molecule has 2 heterocycles. The fourth-order valence-electron chi connectivity index (χ4n) is 8.44. The number of hydrogen-bond donors (Lipinski definition) is 1. The van der Waals surface area contributed by atoms with Crippen LogP contribution in [0.5, 0.6) is 11.6 Å². The third-order valence-corrected chi connectivity index (χ3v) is 13.5. The van der Waals surface area contributed by atoms with Crippen molar-refractivity contribution in [1.82, 2.24) is 14.6 Å². The van der Waals surface area contributed by atoms with Crippen molar-refractivity contribution in [1.29, 1.82) is 0 Å². The Kier molecular flexibility index (Phi) is 11.8.